The SMILES string of the molecule is Cc1cc(C(=O)NC(C)(C)CO)ccc1[N+](=O)[O-]. The van der Waals surface area contributed by atoms with E-state index < -0.39 is 10.5 Å². The van der Waals surface area contributed by atoms with Gasteiger partial charge in [0.05, 0.1) is 17.1 Å². The number of nitro benzene ring substituents is 1. The monoisotopic (exact) mass is 252 g/mol. The molecule has 0 aromatic heterocycles. The molecule has 0 bridgehead atoms. The van der Waals surface area contributed by atoms with E-state index in [4.69, 9.17) is 5.11 Å². The lowest BCUT2D eigenvalue weighted by Crippen LogP contribution is -2.46. The van der Waals surface area contributed by atoms with E-state index in [2.05, 4.69) is 5.32 Å². The predicted molar refractivity (Wildman–Crippen MR) is 66.5 cm³/mol. The van der Waals surface area contributed by atoms with Crippen molar-refractivity contribution in [3.63, 3.8) is 0 Å². The molecule has 0 saturated heterocycles. The number of carbonyl (C=O) groups is 1. The number of amides is 1. The van der Waals surface area contributed by atoms with Gasteiger partial charge in [-0.05, 0) is 32.9 Å². The van der Waals surface area contributed by atoms with E-state index in [0.29, 0.717) is 11.1 Å². The minimum Gasteiger partial charge on any atom is -0.394 e. The fourth-order valence-corrected chi connectivity index (χ4v) is 1.42. The highest BCUT2D eigenvalue weighted by molar-refractivity contribution is 5.95. The van der Waals surface area contributed by atoms with Gasteiger partial charge in [0.25, 0.3) is 11.6 Å². The molecule has 98 valence electrons. The first-order valence-corrected chi connectivity index (χ1v) is 5.45. The van der Waals surface area contributed by atoms with Crippen LogP contribution in [-0.2, 0) is 0 Å². The van der Waals surface area contributed by atoms with Gasteiger partial charge in [0, 0.05) is 17.2 Å². The zero-order valence-corrected chi connectivity index (χ0v) is 10.6. The molecule has 2 N–H and O–H groups in total. The summed E-state index contributed by atoms with van der Waals surface area (Å²) in [5.41, 5.74) is 0.00861. The predicted octanol–water partition coefficient (Wildman–Crippen LogP) is 1.40. The second kappa shape index (κ2) is 5.14. The highest BCUT2D eigenvalue weighted by Gasteiger charge is 2.21. The Bertz CT molecular complexity index is 483. The summed E-state index contributed by atoms with van der Waals surface area (Å²) < 4.78 is 0. The number of carbonyl (C=O) groups excluding carboxylic acids is 1. The van der Waals surface area contributed by atoms with Gasteiger partial charge in [-0.1, -0.05) is 0 Å². The maximum atomic E-state index is 11.9. The van der Waals surface area contributed by atoms with Crippen molar-refractivity contribution < 1.29 is 14.8 Å². The maximum absolute atomic E-state index is 11.9. The van der Waals surface area contributed by atoms with Crippen LogP contribution in [0.5, 0.6) is 0 Å². The number of aliphatic hydroxyl groups excluding tert-OH is 1. The van der Waals surface area contributed by atoms with Crippen molar-refractivity contribution in [3.05, 3.63) is 39.4 Å². The molecule has 6 nitrogen and oxygen atoms in total. The molecule has 0 heterocycles. The molecule has 0 radical (unpaired) electrons. The Morgan fingerprint density at radius 3 is 2.56 bits per heavy atom. The van der Waals surface area contributed by atoms with E-state index in [9.17, 15) is 14.9 Å². The van der Waals surface area contributed by atoms with Gasteiger partial charge in [-0.3, -0.25) is 14.9 Å². The summed E-state index contributed by atoms with van der Waals surface area (Å²) in [6, 6.07) is 4.16. The first-order chi connectivity index (χ1) is 8.26. The summed E-state index contributed by atoms with van der Waals surface area (Å²) in [6.07, 6.45) is 0. The molecular weight excluding hydrogens is 236 g/mol. The van der Waals surface area contributed by atoms with E-state index >= 15 is 0 Å². The molecule has 1 amide bonds. The number of aryl methyl sites for hydroxylation is 1. The first-order valence-electron chi connectivity index (χ1n) is 5.45. The molecule has 0 aliphatic carbocycles. The molecule has 0 aliphatic rings. The lowest BCUT2D eigenvalue weighted by Gasteiger charge is -2.23. The Morgan fingerprint density at radius 2 is 2.11 bits per heavy atom. The number of nitro groups is 1. The summed E-state index contributed by atoms with van der Waals surface area (Å²) in [5, 5.41) is 22.3. The number of aliphatic hydroxyl groups is 1. The standard InChI is InChI=1S/C12H16N2O4/c1-8-6-9(4-5-10(8)14(17)18)11(16)13-12(2,3)7-15/h4-6,15H,7H2,1-3H3,(H,13,16). The van der Waals surface area contributed by atoms with E-state index in [1.807, 2.05) is 0 Å². The number of nitrogens with zero attached hydrogens (tertiary/aromatic N) is 1. The Labute approximate surface area is 105 Å². The summed E-state index contributed by atoms with van der Waals surface area (Å²) in [6.45, 7) is 4.75. The Kier molecular flexibility index (Phi) is 4.03. The summed E-state index contributed by atoms with van der Waals surface area (Å²) in [5.74, 6) is -0.368. The van der Waals surface area contributed by atoms with Crippen LogP contribution >= 0.6 is 0 Å². The number of benzene rings is 1. The molecule has 1 aromatic rings. The summed E-state index contributed by atoms with van der Waals surface area (Å²) in [7, 11) is 0. The Balaban J connectivity index is 2.95. The number of nitrogens with one attached hydrogen (secondary N) is 1. The minimum absolute atomic E-state index is 0.0204. The van der Waals surface area contributed by atoms with Crippen molar-refractivity contribution >= 4 is 11.6 Å². The van der Waals surface area contributed by atoms with E-state index in [1.165, 1.54) is 18.2 Å². The van der Waals surface area contributed by atoms with Gasteiger partial charge in [0.1, 0.15) is 0 Å². The minimum atomic E-state index is -0.729. The van der Waals surface area contributed by atoms with Crippen LogP contribution in [-0.4, -0.2) is 28.1 Å². The van der Waals surface area contributed by atoms with Gasteiger partial charge in [-0.2, -0.15) is 0 Å². The van der Waals surface area contributed by atoms with Crippen molar-refractivity contribution in [3.8, 4) is 0 Å². The third-order valence-electron chi connectivity index (χ3n) is 2.50. The van der Waals surface area contributed by atoms with Crippen LogP contribution < -0.4 is 5.32 Å². The molecule has 1 rings (SSSR count). The molecule has 18 heavy (non-hydrogen) atoms. The van der Waals surface area contributed by atoms with Crippen LogP contribution in [0.25, 0.3) is 0 Å². The second-order valence-corrected chi connectivity index (χ2v) is 4.75. The molecular formula is C12H16N2O4. The molecule has 0 saturated carbocycles. The molecule has 0 unspecified atom stereocenters. The van der Waals surface area contributed by atoms with Crippen molar-refractivity contribution in [2.45, 2.75) is 26.3 Å². The zero-order chi connectivity index (χ0) is 13.9. The Hall–Kier alpha value is -1.95. The first kappa shape index (κ1) is 14.1. The summed E-state index contributed by atoms with van der Waals surface area (Å²) in [4.78, 5) is 22.0. The number of hydrogen-bond acceptors (Lipinski definition) is 4. The van der Waals surface area contributed by atoms with Gasteiger partial charge in [0.2, 0.25) is 0 Å². The van der Waals surface area contributed by atoms with E-state index in [1.54, 1.807) is 20.8 Å². The number of hydrogen-bond donors (Lipinski definition) is 2. The quantitative estimate of drug-likeness (QED) is 0.625. The third kappa shape index (κ3) is 3.27. The Morgan fingerprint density at radius 1 is 1.50 bits per heavy atom. The van der Waals surface area contributed by atoms with Gasteiger partial charge < -0.3 is 10.4 Å². The van der Waals surface area contributed by atoms with Gasteiger partial charge >= 0.3 is 0 Å². The highest BCUT2D eigenvalue weighted by Crippen LogP contribution is 2.19. The smallest absolute Gasteiger partial charge is 0.272 e. The van der Waals surface area contributed by atoms with Crippen molar-refractivity contribution in [2.24, 2.45) is 0 Å². The average Bonchev–Trinajstić information content (AvgIpc) is 2.27. The number of rotatable bonds is 4. The molecule has 6 heteroatoms. The average molecular weight is 252 g/mol. The van der Waals surface area contributed by atoms with E-state index in [-0.39, 0.29) is 18.2 Å². The van der Waals surface area contributed by atoms with Crippen LogP contribution in [0.2, 0.25) is 0 Å². The van der Waals surface area contributed by atoms with Crippen LogP contribution in [0.3, 0.4) is 0 Å². The zero-order valence-electron chi connectivity index (χ0n) is 10.6. The third-order valence-corrected chi connectivity index (χ3v) is 2.50. The van der Waals surface area contributed by atoms with E-state index in [0.717, 1.165) is 0 Å². The molecule has 0 spiro atoms. The molecule has 1 aromatic carbocycles. The van der Waals surface area contributed by atoms with Crippen LogP contribution in [0.15, 0.2) is 18.2 Å². The fourth-order valence-electron chi connectivity index (χ4n) is 1.42. The van der Waals surface area contributed by atoms with Crippen LogP contribution in [0, 0.1) is 17.0 Å². The topological polar surface area (TPSA) is 92.5 Å². The second-order valence-electron chi connectivity index (χ2n) is 4.75. The van der Waals surface area contributed by atoms with Crippen LogP contribution in [0.4, 0.5) is 5.69 Å². The highest BCUT2D eigenvalue weighted by atomic mass is 16.6. The lowest BCUT2D eigenvalue weighted by molar-refractivity contribution is -0.385. The normalized spacial score (nSPS) is 11.1. The molecule has 0 fully saturated rings. The lowest BCUT2D eigenvalue weighted by atomic mass is 10.0. The van der Waals surface area contributed by atoms with Gasteiger partial charge in [-0.15, -0.1) is 0 Å². The largest absolute Gasteiger partial charge is 0.394 e. The van der Waals surface area contributed by atoms with Crippen LogP contribution in [0.1, 0.15) is 29.8 Å². The van der Waals surface area contributed by atoms with Crippen molar-refractivity contribution in [1.29, 1.82) is 0 Å². The van der Waals surface area contributed by atoms with Crippen molar-refractivity contribution in [2.75, 3.05) is 6.61 Å². The molecule has 0 atom stereocenters. The van der Waals surface area contributed by atoms with Gasteiger partial charge in [0.15, 0.2) is 0 Å². The maximum Gasteiger partial charge on any atom is 0.272 e. The van der Waals surface area contributed by atoms with Gasteiger partial charge in [-0.25, -0.2) is 0 Å². The van der Waals surface area contributed by atoms with Crippen molar-refractivity contribution in [1.82, 2.24) is 5.32 Å². The summed E-state index contributed by atoms with van der Waals surface area (Å²) >= 11 is 0. The fraction of sp³-hybridized carbons (Fsp3) is 0.417. The molecule has 0 aliphatic heterocycles.